The lowest BCUT2D eigenvalue weighted by molar-refractivity contribution is 0.250. The van der Waals surface area contributed by atoms with Crippen molar-refractivity contribution in [1.29, 1.82) is 0 Å². The first-order chi connectivity index (χ1) is 13.2. The van der Waals surface area contributed by atoms with E-state index >= 15 is 0 Å². The normalized spacial score (nSPS) is 22.6. The van der Waals surface area contributed by atoms with E-state index < -0.39 is 0 Å². The molecule has 3 aliphatic heterocycles. The van der Waals surface area contributed by atoms with Gasteiger partial charge in [-0.2, -0.15) is 0 Å². The van der Waals surface area contributed by atoms with Crippen LogP contribution in [0.1, 0.15) is 18.4 Å². The maximum absolute atomic E-state index is 14.1. The van der Waals surface area contributed by atoms with Crippen molar-refractivity contribution in [3.05, 3.63) is 53.8 Å². The zero-order valence-electron chi connectivity index (χ0n) is 15.5. The molecule has 0 aliphatic carbocycles. The van der Waals surface area contributed by atoms with Crippen LogP contribution >= 0.6 is 12.6 Å². The highest BCUT2D eigenvalue weighted by molar-refractivity contribution is 7.80. The lowest BCUT2D eigenvalue weighted by Gasteiger charge is -2.33. The van der Waals surface area contributed by atoms with Crippen LogP contribution in [0.15, 0.2) is 52.4 Å². The van der Waals surface area contributed by atoms with Gasteiger partial charge in [0.2, 0.25) is 0 Å². The van der Waals surface area contributed by atoms with Crippen molar-refractivity contribution in [2.24, 2.45) is 4.99 Å². The number of halogens is 1. The van der Waals surface area contributed by atoms with E-state index in [1.807, 2.05) is 6.07 Å². The Bertz CT molecular complexity index is 846. The topological polar surface area (TPSA) is 30.9 Å². The zero-order valence-corrected chi connectivity index (χ0v) is 16.4. The molecule has 0 unspecified atom stereocenters. The number of thiol groups is 1. The molecule has 2 aromatic carbocycles. The van der Waals surface area contributed by atoms with Crippen LogP contribution in [0.25, 0.3) is 0 Å². The molecule has 3 aliphatic rings. The van der Waals surface area contributed by atoms with Crippen LogP contribution in [0.4, 0.5) is 15.8 Å². The molecule has 0 atom stereocenters. The van der Waals surface area contributed by atoms with Crippen LogP contribution in [-0.2, 0) is 0 Å². The molecule has 0 amide bonds. The van der Waals surface area contributed by atoms with Crippen molar-refractivity contribution in [1.82, 2.24) is 4.90 Å². The highest BCUT2D eigenvalue weighted by atomic mass is 32.1. The Hall–Kier alpha value is -2.05. The number of aliphatic imine (C=N–C) groups is 1. The van der Waals surface area contributed by atoms with Gasteiger partial charge in [0.1, 0.15) is 11.7 Å². The van der Waals surface area contributed by atoms with Gasteiger partial charge in [-0.1, -0.05) is 12.1 Å². The molecule has 0 spiro atoms. The van der Waals surface area contributed by atoms with Crippen LogP contribution in [0.3, 0.4) is 0 Å². The van der Waals surface area contributed by atoms with Crippen LogP contribution < -0.4 is 10.2 Å². The Labute approximate surface area is 165 Å². The summed E-state index contributed by atoms with van der Waals surface area (Å²) in [5, 5.41) is 3.24. The van der Waals surface area contributed by atoms with Crippen molar-refractivity contribution in [3.8, 4) is 0 Å². The van der Waals surface area contributed by atoms with E-state index in [1.54, 1.807) is 25.2 Å². The van der Waals surface area contributed by atoms with E-state index in [0.717, 1.165) is 23.7 Å². The molecule has 5 rings (SSSR count). The second kappa shape index (κ2) is 7.90. The number of nitrogens with zero attached hydrogens (tertiary/aromatic N) is 3. The van der Waals surface area contributed by atoms with Gasteiger partial charge in [0.15, 0.2) is 0 Å². The summed E-state index contributed by atoms with van der Waals surface area (Å²) < 4.78 is 14.1. The van der Waals surface area contributed by atoms with Gasteiger partial charge in [-0.3, -0.25) is 4.99 Å². The third-order valence-corrected chi connectivity index (χ3v) is 5.94. The summed E-state index contributed by atoms with van der Waals surface area (Å²) in [5.41, 5.74) is 2.49. The van der Waals surface area contributed by atoms with E-state index in [1.165, 1.54) is 37.7 Å². The van der Waals surface area contributed by atoms with Gasteiger partial charge >= 0.3 is 0 Å². The molecule has 6 heteroatoms. The first kappa shape index (κ1) is 18.3. The third kappa shape index (κ3) is 3.82. The minimum absolute atomic E-state index is 0.293. The minimum atomic E-state index is -0.293. The van der Waals surface area contributed by atoms with E-state index in [2.05, 4.69) is 44.9 Å². The number of hydrogen-bond acceptors (Lipinski definition) is 4. The van der Waals surface area contributed by atoms with Gasteiger partial charge in [0.25, 0.3) is 0 Å². The highest BCUT2D eigenvalue weighted by Gasteiger charge is 2.29. The summed E-state index contributed by atoms with van der Waals surface area (Å²) in [6, 6.07) is 13.5. The molecule has 2 bridgehead atoms. The summed E-state index contributed by atoms with van der Waals surface area (Å²) >= 11 is 4.69. The first-order valence-corrected chi connectivity index (χ1v) is 9.91. The Balaban J connectivity index is 1.56. The Morgan fingerprint density at radius 1 is 1.11 bits per heavy atom. The van der Waals surface area contributed by atoms with E-state index in [0.29, 0.717) is 17.4 Å². The van der Waals surface area contributed by atoms with Crippen LogP contribution in [-0.4, -0.2) is 50.0 Å². The molecule has 3 heterocycles. The largest absolute Gasteiger partial charge is 0.367 e. The van der Waals surface area contributed by atoms with E-state index in [9.17, 15) is 4.39 Å². The van der Waals surface area contributed by atoms with Crippen molar-refractivity contribution in [2.45, 2.75) is 23.8 Å². The molecule has 1 N–H and O–H groups in total. The lowest BCUT2D eigenvalue weighted by atomic mass is 10.0. The molecule has 142 valence electrons. The summed E-state index contributed by atoms with van der Waals surface area (Å²) in [5.74, 6) is 0.204. The highest BCUT2D eigenvalue weighted by Crippen LogP contribution is 2.31. The minimum Gasteiger partial charge on any atom is -0.367 e. The first-order valence-electron chi connectivity index (χ1n) is 9.46. The number of anilines is 2. The lowest BCUT2D eigenvalue weighted by Crippen LogP contribution is -2.37. The van der Waals surface area contributed by atoms with Crippen molar-refractivity contribution in [3.63, 3.8) is 0 Å². The Morgan fingerprint density at radius 2 is 1.89 bits per heavy atom. The predicted molar refractivity (Wildman–Crippen MR) is 113 cm³/mol. The van der Waals surface area contributed by atoms with Gasteiger partial charge < -0.3 is 15.1 Å². The van der Waals surface area contributed by atoms with Gasteiger partial charge in [-0.15, -0.1) is 12.6 Å². The number of benzene rings is 2. The predicted octanol–water partition coefficient (Wildman–Crippen LogP) is 3.89. The molecule has 4 nitrogen and oxygen atoms in total. The SMILES string of the molecule is CN=C(Nc1ccc(N2CCN3CCC2CC3)cc1S)c1ccccc1F. The van der Waals surface area contributed by atoms with Gasteiger partial charge in [-0.25, -0.2) is 4.39 Å². The van der Waals surface area contributed by atoms with Crippen LogP contribution in [0, 0.1) is 5.82 Å². The summed E-state index contributed by atoms with van der Waals surface area (Å²) in [7, 11) is 1.66. The standard InChI is InChI=1S/C21H25FN4S/c1-23-21(17-4-2-3-5-18(17)22)24-19-7-6-16(14-20(19)27)26-13-12-25-10-8-15(26)9-11-25/h2-7,14-15,27H,8-13H2,1H3,(H,23,24). The number of amidine groups is 1. The summed E-state index contributed by atoms with van der Waals surface area (Å²) in [6.45, 7) is 4.58. The second-order valence-electron chi connectivity index (χ2n) is 7.14. The van der Waals surface area contributed by atoms with Gasteiger partial charge in [-0.05, 0) is 43.2 Å². The average Bonchev–Trinajstić information content (AvgIpc) is 3.02. The number of piperidine rings is 1. The van der Waals surface area contributed by atoms with Crippen molar-refractivity contribution < 1.29 is 4.39 Å². The van der Waals surface area contributed by atoms with E-state index in [4.69, 9.17) is 0 Å². The number of nitrogens with one attached hydrogen (secondary N) is 1. The molecule has 0 radical (unpaired) electrons. The Kier molecular flexibility index (Phi) is 5.36. The third-order valence-electron chi connectivity index (χ3n) is 5.57. The number of fused-ring (bicyclic) bond motifs is 4. The molecule has 3 fully saturated rings. The average molecular weight is 385 g/mol. The molecule has 0 aromatic heterocycles. The van der Waals surface area contributed by atoms with Crippen LogP contribution in [0.2, 0.25) is 0 Å². The maximum Gasteiger partial charge on any atom is 0.135 e. The summed E-state index contributed by atoms with van der Waals surface area (Å²) in [4.78, 5) is 10.1. The maximum atomic E-state index is 14.1. The number of rotatable bonds is 3. The molecule has 27 heavy (non-hydrogen) atoms. The molecule has 0 saturated carbocycles. The number of hydrogen-bond donors (Lipinski definition) is 2. The van der Waals surface area contributed by atoms with Crippen LogP contribution in [0.5, 0.6) is 0 Å². The van der Waals surface area contributed by atoms with E-state index in [-0.39, 0.29) is 5.82 Å². The quantitative estimate of drug-likeness (QED) is 0.478. The van der Waals surface area contributed by atoms with Crippen molar-refractivity contribution in [2.75, 3.05) is 43.4 Å². The Morgan fingerprint density at radius 3 is 2.59 bits per heavy atom. The smallest absolute Gasteiger partial charge is 0.135 e. The summed E-state index contributed by atoms with van der Waals surface area (Å²) in [6.07, 6.45) is 2.45. The fourth-order valence-electron chi connectivity index (χ4n) is 4.06. The second-order valence-corrected chi connectivity index (χ2v) is 7.63. The van der Waals surface area contributed by atoms with Crippen molar-refractivity contribution >= 4 is 29.8 Å². The van der Waals surface area contributed by atoms with Gasteiger partial charge in [0, 0.05) is 49.9 Å². The molecule has 2 aromatic rings. The molecule has 3 saturated heterocycles. The fourth-order valence-corrected chi connectivity index (χ4v) is 4.32. The fraction of sp³-hybridized carbons (Fsp3) is 0.381. The molecular weight excluding hydrogens is 359 g/mol. The van der Waals surface area contributed by atoms with Gasteiger partial charge in [0.05, 0.1) is 11.3 Å². The monoisotopic (exact) mass is 384 g/mol. The molecular formula is C21H25FN4S. The zero-order chi connectivity index (χ0) is 18.8.